The number of amides is 1. The summed E-state index contributed by atoms with van der Waals surface area (Å²) >= 11 is 0. The van der Waals surface area contributed by atoms with E-state index in [-0.39, 0.29) is 11.5 Å². The monoisotopic (exact) mass is 174 g/mol. The zero-order valence-electron chi connectivity index (χ0n) is 8.18. The molecule has 0 aliphatic heterocycles. The van der Waals surface area contributed by atoms with Gasteiger partial charge >= 0.3 is 0 Å². The van der Waals surface area contributed by atoms with Gasteiger partial charge in [-0.25, -0.2) is 0 Å². The molecule has 0 unspecified atom stereocenters. The first-order valence-electron chi connectivity index (χ1n) is 3.97. The number of carbonyl (C=O) groups is 1. The number of rotatable bonds is 4. The van der Waals surface area contributed by atoms with Gasteiger partial charge in [-0.1, -0.05) is 0 Å². The van der Waals surface area contributed by atoms with Gasteiger partial charge in [-0.3, -0.25) is 4.79 Å². The van der Waals surface area contributed by atoms with Gasteiger partial charge in [0.05, 0.1) is 12.2 Å². The van der Waals surface area contributed by atoms with Crippen molar-refractivity contribution < 1.29 is 9.53 Å². The van der Waals surface area contributed by atoms with Crippen molar-refractivity contribution >= 4 is 5.91 Å². The molecule has 0 radical (unpaired) electrons. The number of hydrogen-bond donors (Lipinski definition) is 2. The summed E-state index contributed by atoms with van der Waals surface area (Å²) in [5, 5.41) is 2.77. The van der Waals surface area contributed by atoms with Gasteiger partial charge in [0, 0.05) is 0 Å². The van der Waals surface area contributed by atoms with E-state index in [4.69, 9.17) is 10.5 Å². The van der Waals surface area contributed by atoms with E-state index in [1.807, 2.05) is 20.8 Å². The average molecular weight is 174 g/mol. The second-order valence-electron chi connectivity index (χ2n) is 3.67. The molecule has 0 aliphatic carbocycles. The summed E-state index contributed by atoms with van der Waals surface area (Å²) in [5.41, 5.74) is 4.86. The SMILES string of the molecule is CN[C@H](COC(C)(C)C)C(N)=O. The number of hydrogen-bond acceptors (Lipinski definition) is 3. The maximum absolute atomic E-state index is 10.7. The fraction of sp³-hybridized carbons (Fsp3) is 0.875. The predicted octanol–water partition coefficient (Wildman–Crippen LogP) is -0.125. The average Bonchev–Trinajstić information content (AvgIpc) is 1.85. The van der Waals surface area contributed by atoms with Crippen molar-refractivity contribution in [3.8, 4) is 0 Å². The van der Waals surface area contributed by atoms with E-state index >= 15 is 0 Å². The van der Waals surface area contributed by atoms with E-state index < -0.39 is 6.04 Å². The maximum Gasteiger partial charge on any atom is 0.236 e. The molecule has 1 atom stereocenters. The number of carbonyl (C=O) groups excluding carboxylic acids is 1. The molecule has 0 fully saturated rings. The van der Waals surface area contributed by atoms with E-state index in [0.29, 0.717) is 6.61 Å². The summed E-state index contributed by atoms with van der Waals surface area (Å²) in [6, 6.07) is -0.399. The molecule has 0 aliphatic rings. The summed E-state index contributed by atoms with van der Waals surface area (Å²) in [6.45, 7) is 6.11. The molecule has 72 valence electrons. The highest BCUT2D eigenvalue weighted by Gasteiger charge is 2.17. The smallest absolute Gasteiger partial charge is 0.236 e. The third kappa shape index (κ3) is 5.09. The third-order valence-corrected chi connectivity index (χ3v) is 1.37. The lowest BCUT2D eigenvalue weighted by Gasteiger charge is -2.22. The minimum atomic E-state index is -0.399. The molecule has 4 nitrogen and oxygen atoms in total. The number of ether oxygens (including phenoxy) is 1. The first-order valence-corrected chi connectivity index (χ1v) is 3.97. The molecule has 0 heterocycles. The summed E-state index contributed by atoms with van der Waals surface area (Å²) in [7, 11) is 1.68. The van der Waals surface area contributed by atoms with Gasteiger partial charge in [0.2, 0.25) is 5.91 Å². The van der Waals surface area contributed by atoms with E-state index in [0.717, 1.165) is 0 Å². The Morgan fingerprint density at radius 1 is 1.58 bits per heavy atom. The highest BCUT2D eigenvalue weighted by Crippen LogP contribution is 2.06. The summed E-state index contributed by atoms with van der Waals surface area (Å²) in [4.78, 5) is 10.7. The summed E-state index contributed by atoms with van der Waals surface area (Å²) in [6.07, 6.45) is 0. The molecule has 4 heteroatoms. The molecular formula is C8H18N2O2. The minimum Gasteiger partial charge on any atom is -0.374 e. The first-order chi connectivity index (χ1) is 5.37. The van der Waals surface area contributed by atoms with Crippen molar-refractivity contribution in [3.63, 3.8) is 0 Å². The van der Waals surface area contributed by atoms with Crippen LogP contribution in [0.15, 0.2) is 0 Å². The topological polar surface area (TPSA) is 64.3 Å². The van der Waals surface area contributed by atoms with Gasteiger partial charge in [-0.05, 0) is 27.8 Å². The Morgan fingerprint density at radius 3 is 2.33 bits per heavy atom. The van der Waals surface area contributed by atoms with Gasteiger partial charge in [0.15, 0.2) is 0 Å². The Balaban J connectivity index is 3.81. The van der Waals surface area contributed by atoms with Crippen molar-refractivity contribution in [2.45, 2.75) is 32.4 Å². The second kappa shape index (κ2) is 4.42. The Labute approximate surface area is 73.5 Å². The molecule has 0 aromatic heterocycles. The molecule has 0 aromatic carbocycles. The Morgan fingerprint density at radius 2 is 2.08 bits per heavy atom. The standard InChI is InChI=1S/C8H18N2O2/c1-8(2,3)12-5-6(10-4)7(9)11/h6,10H,5H2,1-4H3,(H2,9,11)/t6-/m1/s1. The molecule has 1 amide bonds. The van der Waals surface area contributed by atoms with Crippen LogP contribution in [0.3, 0.4) is 0 Å². The van der Waals surface area contributed by atoms with E-state index in [2.05, 4.69) is 5.32 Å². The zero-order valence-corrected chi connectivity index (χ0v) is 8.18. The Bertz CT molecular complexity index is 152. The van der Waals surface area contributed by atoms with Gasteiger partial charge in [-0.2, -0.15) is 0 Å². The normalized spacial score (nSPS) is 14.3. The largest absolute Gasteiger partial charge is 0.374 e. The van der Waals surface area contributed by atoms with Crippen LogP contribution in [-0.4, -0.2) is 31.2 Å². The maximum atomic E-state index is 10.7. The van der Waals surface area contributed by atoms with Crippen LogP contribution >= 0.6 is 0 Å². The molecule has 0 saturated carbocycles. The molecule has 0 aromatic rings. The van der Waals surface area contributed by atoms with Crippen LogP contribution < -0.4 is 11.1 Å². The molecule has 0 saturated heterocycles. The Hall–Kier alpha value is -0.610. The van der Waals surface area contributed by atoms with Crippen molar-refractivity contribution in [1.82, 2.24) is 5.32 Å². The highest BCUT2D eigenvalue weighted by atomic mass is 16.5. The lowest BCUT2D eigenvalue weighted by atomic mass is 10.2. The summed E-state index contributed by atoms with van der Waals surface area (Å²) < 4.78 is 5.38. The van der Waals surface area contributed by atoms with Crippen LogP contribution in [0.4, 0.5) is 0 Å². The number of nitrogens with one attached hydrogen (secondary N) is 1. The Kier molecular flexibility index (Phi) is 4.20. The highest BCUT2D eigenvalue weighted by molar-refractivity contribution is 5.79. The molecule has 0 rings (SSSR count). The van der Waals surface area contributed by atoms with Crippen LogP contribution in [0.1, 0.15) is 20.8 Å². The third-order valence-electron chi connectivity index (χ3n) is 1.37. The van der Waals surface area contributed by atoms with Crippen LogP contribution in [0.2, 0.25) is 0 Å². The van der Waals surface area contributed by atoms with Crippen LogP contribution in [0.25, 0.3) is 0 Å². The van der Waals surface area contributed by atoms with Crippen LogP contribution in [0, 0.1) is 0 Å². The quantitative estimate of drug-likeness (QED) is 0.624. The number of nitrogens with two attached hydrogens (primary N) is 1. The van der Waals surface area contributed by atoms with Crippen LogP contribution in [-0.2, 0) is 9.53 Å². The predicted molar refractivity (Wildman–Crippen MR) is 47.7 cm³/mol. The lowest BCUT2D eigenvalue weighted by Crippen LogP contribution is -2.44. The van der Waals surface area contributed by atoms with Crippen molar-refractivity contribution in [2.75, 3.05) is 13.7 Å². The van der Waals surface area contributed by atoms with Crippen molar-refractivity contribution in [2.24, 2.45) is 5.73 Å². The van der Waals surface area contributed by atoms with E-state index in [1.54, 1.807) is 7.05 Å². The number of likely N-dealkylation sites (N-methyl/N-ethyl adjacent to an activating group) is 1. The van der Waals surface area contributed by atoms with Gasteiger partial charge in [-0.15, -0.1) is 0 Å². The van der Waals surface area contributed by atoms with Crippen molar-refractivity contribution in [3.05, 3.63) is 0 Å². The molecular weight excluding hydrogens is 156 g/mol. The molecule has 12 heavy (non-hydrogen) atoms. The fourth-order valence-electron chi connectivity index (χ4n) is 0.641. The number of primary amides is 1. The molecule has 0 bridgehead atoms. The van der Waals surface area contributed by atoms with E-state index in [9.17, 15) is 4.79 Å². The van der Waals surface area contributed by atoms with Gasteiger partial charge < -0.3 is 15.8 Å². The van der Waals surface area contributed by atoms with E-state index in [1.165, 1.54) is 0 Å². The zero-order chi connectivity index (χ0) is 9.78. The lowest BCUT2D eigenvalue weighted by molar-refractivity contribution is -0.122. The van der Waals surface area contributed by atoms with Crippen molar-refractivity contribution in [1.29, 1.82) is 0 Å². The summed E-state index contributed by atoms with van der Waals surface area (Å²) in [5.74, 6) is -0.387. The molecule has 0 spiro atoms. The first kappa shape index (κ1) is 11.4. The van der Waals surface area contributed by atoms with Gasteiger partial charge in [0.25, 0.3) is 0 Å². The molecule has 3 N–H and O–H groups in total. The minimum absolute atomic E-state index is 0.232. The van der Waals surface area contributed by atoms with Crippen LogP contribution in [0.5, 0.6) is 0 Å². The second-order valence-corrected chi connectivity index (χ2v) is 3.67. The fourth-order valence-corrected chi connectivity index (χ4v) is 0.641. The van der Waals surface area contributed by atoms with Gasteiger partial charge in [0.1, 0.15) is 6.04 Å².